The second kappa shape index (κ2) is 8.41. The molecule has 1 aliphatic rings. The summed E-state index contributed by atoms with van der Waals surface area (Å²) in [5.41, 5.74) is 1.72. The number of aliphatic carboxylic acids is 1. The Kier molecular flexibility index (Phi) is 5.96. The molecule has 1 aromatic carbocycles. The highest BCUT2D eigenvalue weighted by Gasteiger charge is 2.28. The summed E-state index contributed by atoms with van der Waals surface area (Å²) in [6.07, 6.45) is 2.58. The highest BCUT2D eigenvalue weighted by atomic mass is 16.5. The Bertz CT molecular complexity index is 836. The van der Waals surface area contributed by atoms with E-state index in [2.05, 4.69) is 15.6 Å². The predicted molar refractivity (Wildman–Crippen MR) is 103 cm³/mol. The normalized spacial score (nSPS) is 19.4. The van der Waals surface area contributed by atoms with Gasteiger partial charge in [0.2, 0.25) is 0 Å². The average molecular weight is 386 g/mol. The number of hydrogen-bond donors (Lipinski definition) is 2. The van der Waals surface area contributed by atoms with Crippen LogP contribution >= 0.6 is 0 Å². The standard InChI is InChI=1S/C20H26N4O4/c1-12(2)28-17-10-8-16(9-11-17)24-13(3)18(22-23-24)19(25)21-15-6-4-14(5-7-15)20(26)27/h8-12,14-15H,4-7H2,1-3H3,(H,21,25)(H,26,27). The number of carboxylic acid groups (broad SMARTS) is 1. The Morgan fingerprint density at radius 2 is 1.82 bits per heavy atom. The number of ether oxygens (including phenoxy) is 1. The van der Waals surface area contributed by atoms with E-state index in [1.54, 1.807) is 11.6 Å². The van der Waals surface area contributed by atoms with Crippen LogP contribution in [0.2, 0.25) is 0 Å². The van der Waals surface area contributed by atoms with Gasteiger partial charge in [0, 0.05) is 6.04 Å². The molecule has 0 spiro atoms. The number of nitrogens with one attached hydrogen (secondary N) is 1. The molecule has 3 rings (SSSR count). The molecular weight excluding hydrogens is 360 g/mol. The number of carbonyl (C=O) groups is 2. The van der Waals surface area contributed by atoms with Crippen molar-refractivity contribution in [1.82, 2.24) is 20.3 Å². The lowest BCUT2D eigenvalue weighted by Gasteiger charge is -2.26. The van der Waals surface area contributed by atoms with Gasteiger partial charge in [-0.15, -0.1) is 5.10 Å². The summed E-state index contributed by atoms with van der Waals surface area (Å²) in [6, 6.07) is 7.43. The Morgan fingerprint density at radius 1 is 1.18 bits per heavy atom. The first-order valence-electron chi connectivity index (χ1n) is 9.58. The van der Waals surface area contributed by atoms with E-state index in [4.69, 9.17) is 9.84 Å². The number of amides is 1. The zero-order chi connectivity index (χ0) is 20.3. The molecule has 8 heteroatoms. The van der Waals surface area contributed by atoms with Crippen molar-refractivity contribution in [3.8, 4) is 11.4 Å². The molecule has 1 fully saturated rings. The van der Waals surface area contributed by atoms with Crippen LogP contribution in [0.3, 0.4) is 0 Å². The Morgan fingerprint density at radius 3 is 2.39 bits per heavy atom. The monoisotopic (exact) mass is 386 g/mol. The molecule has 1 saturated carbocycles. The third kappa shape index (κ3) is 4.49. The van der Waals surface area contributed by atoms with Gasteiger partial charge in [0.15, 0.2) is 5.69 Å². The molecular formula is C20H26N4O4. The minimum Gasteiger partial charge on any atom is -0.491 e. The lowest BCUT2D eigenvalue weighted by Crippen LogP contribution is -2.39. The summed E-state index contributed by atoms with van der Waals surface area (Å²) >= 11 is 0. The molecule has 0 unspecified atom stereocenters. The first-order valence-corrected chi connectivity index (χ1v) is 9.58. The van der Waals surface area contributed by atoms with Crippen molar-refractivity contribution in [3.05, 3.63) is 35.7 Å². The largest absolute Gasteiger partial charge is 0.491 e. The van der Waals surface area contributed by atoms with Gasteiger partial charge in [-0.3, -0.25) is 9.59 Å². The number of rotatable bonds is 6. The fraction of sp³-hybridized carbons (Fsp3) is 0.500. The van der Waals surface area contributed by atoms with Gasteiger partial charge >= 0.3 is 5.97 Å². The second-order valence-electron chi connectivity index (χ2n) is 7.46. The van der Waals surface area contributed by atoms with Crippen molar-refractivity contribution in [2.24, 2.45) is 5.92 Å². The van der Waals surface area contributed by atoms with E-state index in [9.17, 15) is 9.59 Å². The van der Waals surface area contributed by atoms with Crippen molar-refractivity contribution >= 4 is 11.9 Å². The molecule has 0 radical (unpaired) electrons. The summed E-state index contributed by atoms with van der Waals surface area (Å²) in [5.74, 6) is -0.569. The van der Waals surface area contributed by atoms with E-state index in [0.29, 0.717) is 31.4 Å². The van der Waals surface area contributed by atoms with Crippen LogP contribution in [0.4, 0.5) is 0 Å². The highest BCUT2D eigenvalue weighted by molar-refractivity contribution is 5.93. The topological polar surface area (TPSA) is 106 Å². The molecule has 1 aliphatic carbocycles. The number of carboxylic acids is 1. The zero-order valence-electron chi connectivity index (χ0n) is 16.4. The third-order valence-electron chi connectivity index (χ3n) is 4.97. The Balaban J connectivity index is 1.65. The van der Waals surface area contributed by atoms with Crippen molar-refractivity contribution < 1.29 is 19.4 Å². The van der Waals surface area contributed by atoms with Crippen LogP contribution in [-0.4, -0.2) is 44.1 Å². The lowest BCUT2D eigenvalue weighted by molar-refractivity contribution is -0.142. The number of aromatic nitrogens is 3. The maximum absolute atomic E-state index is 12.6. The summed E-state index contributed by atoms with van der Waals surface area (Å²) in [7, 11) is 0. The van der Waals surface area contributed by atoms with Crippen LogP contribution in [0.25, 0.3) is 5.69 Å². The summed E-state index contributed by atoms with van der Waals surface area (Å²) in [4.78, 5) is 23.7. The minimum absolute atomic E-state index is 0.0277. The number of benzene rings is 1. The van der Waals surface area contributed by atoms with Crippen LogP contribution in [0.5, 0.6) is 5.75 Å². The maximum Gasteiger partial charge on any atom is 0.306 e. The van der Waals surface area contributed by atoms with Crippen molar-refractivity contribution in [2.45, 2.75) is 58.6 Å². The molecule has 1 aromatic heterocycles. The van der Waals surface area contributed by atoms with Gasteiger partial charge in [-0.1, -0.05) is 5.21 Å². The summed E-state index contributed by atoms with van der Waals surface area (Å²) in [6.45, 7) is 5.73. The Hall–Kier alpha value is -2.90. The molecule has 2 aromatic rings. The number of carbonyl (C=O) groups excluding carboxylic acids is 1. The Labute approximate surface area is 163 Å². The van der Waals surface area contributed by atoms with Crippen molar-refractivity contribution in [2.75, 3.05) is 0 Å². The van der Waals surface area contributed by atoms with Gasteiger partial charge in [-0.05, 0) is 70.7 Å². The van der Waals surface area contributed by atoms with Gasteiger partial charge in [0.25, 0.3) is 5.91 Å². The molecule has 8 nitrogen and oxygen atoms in total. The molecule has 28 heavy (non-hydrogen) atoms. The SMILES string of the molecule is Cc1c(C(=O)NC2CCC(C(=O)O)CC2)nnn1-c1ccc(OC(C)C)cc1. The van der Waals surface area contributed by atoms with E-state index in [0.717, 1.165) is 11.4 Å². The van der Waals surface area contributed by atoms with Crippen LogP contribution in [-0.2, 0) is 4.79 Å². The zero-order valence-corrected chi connectivity index (χ0v) is 16.4. The van der Waals surface area contributed by atoms with E-state index in [1.807, 2.05) is 38.1 Å². The quantitative estimate of drug-likeness (QED) is 0.791. The molecule has 2 N–H and O–H groups in total. The summed E-state index contributed by atoms with van der Waals surface area (Å²) in [5, 5.41) is 20.2. The first-order chi connectivity index (χ1) is 13.3. The van der Waals surface area contributed by atoms with Crippen molar-refractivity contribution in [3.63, 3.8) is 0 Å². The summed E-state index contributed by atoms with van der Waals surface area (Å²) < 4.78 is 7.26. The molecule has 0 aliphatic heterocycles. The van der Waals surface area contributed by atoms with Crippen molar-refractivity contribution in [1.29, 1.82) is 0 Å². The van der Waals surface area contributed by atoms with Gasteiger partial charge in [-0.2, -0.15) is 0 Å². The van der Waals surface area contributed by atoms with Gasteiger partial charge < -0.3 is 15.2 Å². The third-order valence-corrected chi connectivity index (χ3v) is 4.97. The highest BCUT2D eigenvalue weighted by Crippen LogP contribution is 2.25. The average Bonchev–Trinajstić information content (AvgIpc) is 3.04. The molecule has 1 amide bonds. The predicted octanol–water partition coefficient (Wildman–Crippen LogP) is 2.74. The van der Waals surface area contributed by atoms with E-state index < -0.39 is 5.97 Å². The smallest absolute Gasteiger partial charge is 0.306 e. The maximum atomic E-state index is 12.6. The molecule has 0 bridgehead atoms. The first kappa shape index (κ1) is 19.9. The van der Waals surface area contributed by atoms with Gasteiger partial charge in [0.05, 0.1) is 23.4 Å². The lowest BCUT2D eigenvalue weighted by atomic mass is 9.86. The fourth-order valence-corrected chi connectivity index (χ4v) is 3.46. The van der Waals surface area contributed by atoms with Gasteiger partial charge in [0.1, 0.15) is 5.75 Å². The van der Waals surface area contributed by atoms with Crippen LogP contribution in [0.15, 0.2) is 24.3 Å². The number of nitrogens with zero attached hydrogens (tertiary/aromatic N) is 3. The van der Waals surface area contributed by atoms with Crippen LogP contribution in [0, 0.1) is 12.8 Å². The molecule has 1 heterocycles. The minimum atomic E-state index is -0.756. The van der Waals surface area contributed by atoms with Gasteiger partial charge in [-0.25, -0.2) is 4.68 Å². The van der Waals surface area contributed by atoms with E-state index in [1.165, 1.54) is 0 Å². The van der Waals surface area contributed by atoms with Crippen LogP contribution < -0.4 is 10.1 Å². The van der Waals surface area contributed by atoms with E-state index in [-0.39, 0.29) is 29.7 Å². The molecule has 0 atom stereocenters. The number of hydrogen-bond acceptors (Lipinski definition) is 5. The van der Waals surface area contributed by atoms with E-state index >= 15 is 0 Å². The fourth-order valence-electron chi connectivity index (χ4n) is 3.46. The molecule has 150 valence electrons. The van der Waals surface area contributed by atoms with Crippen LogP contribution in [0.1, 0.15) is 55.7 Å². The second-order valence-corrected chi connectivity index (χ2v) is 7.46. The molecule has 0 saturated heterocycles.